The summed E-state index contributed by atoms with van der Waals surface area (Å²) in [6.45, 7) is 9.87. The van der Waals surface area contributed by atoms with Crippen molar-refractivity contribution in [3.63, 3.8) is 0 Å². The zero-order valence-electron chi connectivity index (χ0n) is 14.5. The van der Waals surface area contributed by atoms with Crippen molar-refractivity contribution in [2.75, 3.05) is 11.9 Å². The predicted octanol–water partition coefficient (Wildman–Crippen LogP) is 5.12. The number of anilines is 1. The van der Waals surface area contributed by atoms with E-state index in [1.54, 1.807) is 0 Å². The smallest absolute Gasteiger partial charge is 0.121 e. The second kappa shape index (κ2) is 8.47. The molecule has 3 nitrogen and oxygen atoms in total. The molecular formula is C20H27NO2. The third-order valence-corrected chi connectivity index (χ3v) is 3.21. The minimum absolute atomic E-state index is 0.201. The Balaban J connectivity index is 1.89. The molecule has 0 spiro atoms. The van der Waals surface area contributed by atoms with Crippen LogP contribution in [0.3, 0.4) is 0 Å². The summed E-state index contributed by atoms with van der Waals surface area (Å²) in [5.41, 5.74) is 2.28. The van der Waals surface area contributed by atoms with Crippen molar-refractivity contribution >= 4 is 5.69 Å². The van der Waals surface area contributed by atoms with Crippen LogP contribution in [0, 0.1) is 5.92 Å². The number of benzene rings is 2. The van der Waals surface area contributed by atoms with Crippen molar-refractivity contribution in [2.24, 2.45) is 5.92 Å². The van der Waals surface area contributed by atoms with Crippen molar-refractivity contribution in [1.82, 2.24) is 0 Å². The van der Waals surface area contributed by atoms with Gasteiger partial charge in [0.25, 0.3) is 0 Å². The summed E-state index contributed by atoms with van der Waals surface area (Å²) in [7, 11) is 0. The highest BCUT2D eigenvalue weighted by atomic mass is 16.5. The lowest BCUT2D eigenvalue weighted by molar-refractivity contribution is 0.242. The van der Waals surface area contributed by atoms with E-state index in [9.17, 15) is 0 Å². The van der Waals surface area contributed by atoms with Crippen LogP contribution < -0.4 is 14.8 Å². The van der Waals surface area contributed by atoms with E-state index in [0.717, 1.165) is 30.3 Å². The molecule has 0 unspecified atom stereocenters. The van der Waals surface area contributed by atoms with Gasteiger partial charge in [0.2, 0.25) is 0 Å². The molecular weight excluding hydrogens is 286 g/mol. The average Bonchev–Trinajstić information content (AvgIpc) is 2.52. The number of rotatable bonds is 8. The van der Waals surface area contributed by atoms with Crippen molar-refractivity contribution in [2.45, 2.75) is 40.3 Å². The van der Waals surface area contributed by atoms with Crippen LogP contribution in [0.1, 0.15) is 33.3 Å². The Morgan fingerprint density at radius 3 is 2.30 bits per heavy atom. The van der Waals surface area contributed by atoms with Gasteiger partial charge in [0.1, 0.15) is 11.5 Å². The topological polar surface area (TPSA) is 30.5 Å². The molecule has 0 radical (unpaired) electrons. The SMILES string of the molecule is CC(C)COc1cccc(NCc2ccc(OC(C)C)cc2)c1. The van der Waals surface area contributed by atoms with Gasteiger partial charge in [-0.25, -0.2) is 0 Å². The largest absolute Gasteiger partial charge is 0.493 e. The van der Waals surface area contributed by atoms with Gasteiger partial charge in [-0.1, -0.05) is 32.0 Å². The summed E-state index contributed by atoms with van der Waals surface area (Å²) in [4.78, 5) is 0. The summed E-state index contributed by atoms with van der Waals surface area (Å²) in [5.74, 6) is 2.34. The highest BCUT2D eigenvalue weighted by molar-refractivity contribution is 5.48. The second-order valence-corrected chi connectivity index (χ2v) is 6.40. The molecule has 0 saturated heterocycles. The van der Waals surface area contributed by atoms with E-state index >= 15 is 0 Å². The van der Waals surface area contributed by atoms with Crippen LogP contribution in [0.5, 0.6) is 11.5 Å². The molecule has 0 aliphatic rings. The zero-order valence-corrected chi connectivity index (χ0v) is 14.5. The summed E-state index contributed by atoms with van der Waals surface area (Å²) in [6.07, 6.45) is 0.201. The highest BCUT2D eigenvalue weighted by Gasteiger charge is 2.01. The molecule has 2 aromatic rings. The molecule has 0 fully saturated rings. The Labute approximate surface area is 139 Å². The Bertz CT molecular complexity index is 591. The van der Waals surface area contributed by atoms with Crippen LogP contribution >= 0.6 is 0 Å². The van der Waals surface area contributed by atoms with Crippen molar-refractivity contribution < 1.29 is 9.47 Å². The number of nitrogens with one attached hydrogen (secondary N) is 1. The van der Waals surface area contributed by atoms with Gasteiger partial charge in [-0.2, -0.15) is 0 Å². The number of ether oxygens (including phenoxy) is 2. The van der Waals surface area contributed by atoms with Gasteiger partial charge in [0.05, 0.1) is 12.7 Å². The highest BCUT2D eigenvalue weighted by Crippen LogP contribution is 2.19. The standard InChI is InChI=1S/C20H27NO2/c1-15(2)14-22-20-7-5-6-18(12-20)21-13-17-8-10-19(11-9-17)23-16(3)4/h5-12,15-16,21H,13-14H2,1-4H3. The van der Waals surface area contributed by atoms with Crippen LogP contribution in [0.2, 0.25) is 0 Å². The van der Waals surface area contributed by atoms with Crippen molar-refractivity contribution in [3.05, 3.63) is 54.1 Å². The van der Waals surface area contributed by atoms with Gasteiger partial charge in [-0.05, 0) is 49.6 Å². The van der Waals surface area contributed by atoms with E-state index in [-0.39, 0.29) is 6.10 Å². The third kappa shape index (κ3) is 6.23. The molecule has 124 valence electrons. The molecule has 0 aromatic heterocycles. The van der Waals surface area contributed by atoms with Gasteiger partial charge in [0.15, 0.2) is 0 Å². The number of hydrogen-bond donors (Lipinski definition) is 1. The van der Waals surface area contributed by atoms with Crippen molar-refractivity contribution in [3.8, 4) is 11.5 Å². The molecule has 0 atom stereocenters. The maximum Gasteiger partial charge on any atom is 0.121 e. The Morgan fingerprint density at radius 2 is 1.65 bits per heavy atom. The van der Waals surface area contributed by atoms with Gasteiger partial charge in [-0.15, -0.1) is 0 Å². The molecule has 0 aliphatic carbocycles. The van der Waals surface area contributed by atoms with E-state index in [1.807, 2.05) is 44.2 Å². The van der Waals surface area contributed by atoms with Crippen LogP contribution in [-0.2, 0) is 6.54 Å². The number of hydrogen-bond acceptors (Lipinski definition) is 3. The minimum atomic E-state index is 0.201. The molecule has 23 heavy (non-hydrogen) atoms. The van der Waals surface area contributed by atoms with E-state index in [1.165, 1.54) is 5.56 Å². The van der Waals surface area contributed by atoms with Crippen LogP contribution in [0.15, 0.2) is 48.5 Å². The Morgan fingerprint density at radius 1 is 0.913 bits per heavy atom. The first kappa shape index (κ1) is 17.2. The normalized spacial score (nSPS) is 10.9. The van der Waals surface area contributed by atoms with Gasteiger partial charge in [0, 0.05) is 18.3 Å². The first-order valence-electron chi connectivity index (χ1n) is 8.25. The van der Waals surface area contributed by atoms with Gasteiger partial charge in [-0.3, -0.25) is 0 Å². The maximum atomic E-state index is 5.76. The first-order valence-corrected chi connectivity index (χ1v) is 8.25. The zero-order chi connectivity index (χ0) is 16.7. The van der Waals surface area contributed by atoms with E-state index in [4.69, 9.17) is 9.47 Å². The van der Waals surface area contributed by atoms with Crippen LogP contribution in [0.4, 0.5) is 5.69 Å². The second-order valence-electron chi connectivity index (χ2n) is 6.40. The third-order valence-electron chi connectivity index (χ3n) is 3.21. The lowest BCUT2D eigenvalue weighted by Crippen LogP contribution is -2.06. The first-order chi connectivity index (χ1) is 11.0. The molecule has 0 amide bonds. The Kier molecular flexibility index (Phi) is 6.33. The fourth-order valence-electron chi connectivity index (χ4n) is 2.12. The monoisotopic (exact) mass is 313 g/mol. The lowest BCUT2D eigenvalue weighted by atomic mass is 10.2. The molecule has 0 heterocycles. The maximum absolute atomic E-state index is 5.76. The summed E-state index contributed by atoms with van der Waals surface area (Å²) >= 11 is 0. The summed E-state index contributed by atoms with van der Waals surface area (Å²) in [6, 6.07) is 16.3. The quantitative estimate of drug-likeness (QED) is 0.733. The van der Waals surface area contributed by atoms with E-state index < -0.39 is 0 Å². The fourth-order valence-corrected chi connectivity index (χ4v) is 2.12. The van der Waals surface area contributed by atoms with Crippen LogP contribution in [0.25, 0.3) is 0 Å². The molecule has 3 heteroatoms. The Hall–Kier alpha value is -2.16. The molecule has 2 rings (SSSR count). The molecule has 0 saturated carbocycles. The molecule has 0 bridgehead atoms. The fraction of sp³-hybridized carbons (Fsp3) is 0.400. The van der Waals surface area contributed by atoms with Gasteiger partial charge >= 0.3 is 0 Å². The average molecular weight is 313 g/mol. The molecule has 1 N–H and O–H groups in total. The van der Waals surface area contributed by atoms with Crippen molar-refractivity contribution in [1.29, 1.82) is 0 Å². The van der Waals surface area contributed by atoms with Crippen LogP contribution in [-0.4, -0.2) is 12.7 Å². The molecule has 2 aromatic carbocycles. The van der Waals surface area contributed by atoms with E-state index in [0.29, 0.717) is 5.92 Å². The summed E-state index contributed by atoms with van der Waals surface area (Å²) in [5, 5.41) is 3.43. The van der Waals surface area contributed by atoms with Gasteiger partial charge < -0.3 is 14.8 Å². The summed E-state index contributed by atoms with van der Waals surface area (Å²) < 4.78 is 11.4. The van der Waals surface area contributed by atoms with E-state index in [2.05, 4.69) is 37.4 Å². The lowest BCUT2D eigenvalue weighted by Gasteiger charge is -2.12. The predicted molar refractivity (Wildman–Crippen MR) is 96.3 cm³/mol. The minimum Gasteiger partial charge on any atom is -0.493 e. The molecule has 0 aliphatic heterocycles.